The molecule has 1 saturated heterocycles. The Hall–Kier alpha value is -3.75. The number of aromatic nitrogens is 3. The lowest BCUT2D eigenvalue weighted by atomic mass is 10.2. The maximum absolute atomic E-state index is 5.97. The van der Waals surface area contributed by atoms with Gasteiger partial charge in [-0.15, -0.1) is 0 Å². The van der Waals surface area contributed by atoms with Gasteiger partial charge in [0, 0.05) is 50.2 Å². The van der Waals surface area contributed by atoms with Crippen LogP contribution in [0.4, 0.5) is 29.1 Å². The Labute approximate surface area is 168 Å². The lowest BCUT2D eigenvalue weighted by Gasteiger charge is -2.36. The molecule has 1 aromatic carbocycles. The Bertz CT molecular complexity index is 1010. The molecule has 9 nitrogen and oxygen atoms in total. The van der Waals surface area contributed by atoms with Crippen LogP contribution in [0.1, 0.15) is 0 Å². The van der Waals surface area contributed by atoms with Crippen LogP contribution in [0.15, 0.2) is 48.7 Å². The molecule has 0 amide bonds. The summed E-state index contributed by atoms with van der Waals surface area (Å²) in [7, 11) is 0. The van der Waals surface area contributed by atoms with Gasteiger partial charge in [-0.25, -0.2) is 4.98 Å². The first kappa shape index (κ1) is 17.4. The van der Waals surface area contributed by atoms with Crippen molar-refractivity contribution in [2.75, 3.05) is 53.8 Å². The highest BCUT2D eigenvalue weighted by Gasteiger charge is 2.20. The fourth-order valence-corrected chi connectivity index (χ4v) is 3.51. The molecule has 2 aromatic heterocycles. The van der Waals surface area contributed by atoms with Crippen LogP contribution in [-0.4, -0.2) is 47.9 Å². The topological polar surface area (TPSA) is 102 Å². The molecule has 0 aliphatic carbocycles. The number of rotatable bonds is 4. The second-order valence-electron chi connectivity index (χ2n) is 6.82. The van der Waals surface area contributed by atoms with Crippen LogP contribution in [0.2, 0.25) is 0 Å². The number of pyridine rings is 1. The third-order valence-electron chi connectivity index (χ3n) is 4.95. The highest BCUT2D eigenvalue weighted by atomic mass is 16.7. The van der Waals surface area contributed by atoms with Gasteiger partial charge in [0.05, 0.1) is 0 Å². The van der Waals surface area contributed by atoms with Crippen molar-refractivity contribution < 1.29 is 9.47 Å². The minimum atomic E-state index is 0.234. The highest BCUT2D eigenvalue weighted by Crippen LogP contribution is 2.35. The van der Waals surface area contributed by atoms with E-state index in [-0.39, 0.29) is 12.7 Å². The normalized spacial score (nSPS) is 15.4. The second kappa shape index (κ2) is 7.34. The Morgan fingerprint density at radius 2 is 1.66 bits per heavy atom. The SMILES string of the molecule is Nc1nc(Nc2ccc3c(c2)OCO3)cc(N2CCN(c3ccccn3)CC2)n1. The predicted octanol–water partition coefficient (Wildman–Crippen LogP) is 2.25. The molecule has 0 radical (unpaired) electrons. The molecular weight excluding hydrogens is 370 g/mol. The van der Waals surface area contributed by atoms with Gasteiger partial charge in [0.2, 0.25) is 12.7 Å². The van der Waals surface area contributed by atoms with Gasteiger partial charge < -0.3 is 30.3 Å². The monoisotopic (exact) mass is 391 g/mol. The maximum atomic E-state index is 5.97. The Morgan fingerprint density at radius 3 is 2.45 bits per heavy atom. The lowest BCUT2D eigenvalue weighted by Crippen LogP contribution is -2.47. The van der Waals surface area contributed by atoms with Crippen LogP contribution in [0, 0.1) is 0 Å². The largest absolute Gasteiger partial charge is 0.454 e. The van der Waals surface area contributed by atoms with Gasteiger partial charge in [-0.2, -0.15) is 9.97 Å². The van der Waals surface area contributed by atoms with Crippen LogP contribution in [0.3, 0.4) is 0 Å². The number of piperazine rings is 1. The third-order valence-corrected chi connectivity index (χ3v) is 4.95. The van der Waals surface area contributed by atoms with E-state index in [0.717, 1.165) is 49.3 Å². The fourth-order valence-electron chi connectivity index (χ4n) is 3.51. The van der Waals surface area contributed by atoms with Crippen molar-refractivity contribution in [3.05, 3.63) is 48.7 Å². The van der Waals surface area contributed by atoms with Crippen LogP contribution < -0.4 is 30.3 Å². The molecule has 148 valence electrons. The van der Waals surface area contributed by atoms with E-state index in [2.05, 4.69) is 30.1 Å². The molecule has 0 atom stereocenters. The van der Waals surface area contributed by atoms with Gasteiger partial charge in [-0.1, -0.05) is 6.07 Å². The molecule has 0 unspecified atom stereocenters. The molecule has 29 heavy (non-hydrogen) atoms. The van der Waals surface area contributed by atoms with Crippen molar-refractivity contribution in [1.29, 1.82) is 0 Å². The van der Waals surface area contributed by atoms with Gasteiger partial charge in [-0.3, -0.25) is 0 Å². The lowest BCUT2D eigenvalue weighted by molar-refractivity contribution is 0.174. The van der Waals surface area contributed by atoms with E-state index in [1.54, 1.807) is 0 Å². The zero-order valence-electron chi connectivity index (χ0n) is 15.8. The number of nitrogens with zero attached hydrogens (tertiary/aromatic N) is 5. The molecular formula is C20H21N7O2. The van der Waals surface area contributed by atoms with E-state index in [9.17, 15) is 0 Å². The average Bonchev–Trinajstić information content (AvgIpc) is 3.22. The zero-order valence-corrected chi connectivity index (χ0v) is 15.8. The number of hydrogen-bond donors (Lipinski definition) is 2. The van der Waals surface area contributed by atoms with E-state index in [1.807, 2.05) is 48.7 Å². The van der Waals surface area contributed by atoms with Crippen LogP contribution >= 0.6 is 0 Å². The van der Waals surface area contributed by atoms with E-state index in [4.69, 9.17) is 15.2 Å². The fraction of sp³-hybridized carbons (Fsp3) is 0.250. The summed E-state index contributed by atoms with van der Waals surface area (Å²) < 4.78 is 10.8. The molecule has 0 spiro atoms. The third kappa shape index (κ3) is 3.66. The highest BCUT2D eigenvalue weighted by molar-refractivity contribution is 5.65. The van der Waals surface area contributed by atoms with Crippen LogP contribution in [0.25, 0.3) is 0 Å². The molecule has 4 heterocycles. The van der Waals surface area contributed by atoms with E-state index < -0.39 is 0 Å². The van der Waals surface area contributed by atoms with E-state index in [0.29, 0.717) is 11.6 Å². The van der Waals surface area contributed by atoms with Crippen LogP contribution in [0.5, 0.6) is 11.5 Å². The van der Waals surface area contributed by atoms with Gasteiger partial charge in [0.1, 0.15) is 17.5 Å². The molecule has 1 fully saturated rings. The minimum absolute atomic E-state index is 0.234. The van der Waals surface area contributed by atoms with Gasteiger partial charge in [0.15, 0.2) is 11.5 Å². The first-order valence-corrected chi connectivity index (χ1v) is 9.47. The number of benzene rings is 1. The molecule has 0 saturated carbocycles. The summed E-state index contributed by atoms with van der Waals surface area (Å²) in [6, 6.07) is 13.5. The average molecular weight is 391 g/mol. The summed E-state index contributed by atoms with van der Waals surface area (Å²) in [6.07, 6.45) is 1.82. The molecule has 3 N–H and O–H groups in total. The number of nitrogens with two attached hydrogens (primary N) is 1. The Balaban J connectivity index is 1.30. The zero-order chi connectivity index (χ0) is 19.6. The van der Waals surface area contributed by atoms with Crippen molar-refractivity contribution in [2.24, 2.45) is 0 Å². The second-order valence-corrected chi connectivity index (χ2v) is 6.82. The molecule has 2 aliphatic rings. The van der Waals surface area contributed by atoms with Crippen molar-refractivity contribution in [1.82, 2.24) is 15.0 Å². The first-order valence-electron chi connectivity index (χ1n) is 9.47. The summed E-state index contributed by atoms with van der Waals surface area (Å²) >= 11 is 0. The van der Waals surface area contributed by atoms with Gasteiger partial charge in [-0.05, 0) is 24.3 Å². The van der Waals surface area contributed by atoms with Gasteiger partial charge in [0.25, 0.3) is 0 Å². The number of anilines is 5. The summed E-state index contributed by atoms with van der Waals surface area (Å²) in [5, 5.41) is 3.27. The number of hydrogen-bond acceptors (Lipinski definition) is 9. The number of fused-ring (bicyclic) bond motifs is 1. The predicted molar refractivity (Wildman–Crippen MR) is 111 cm³/mol. The Kier molecular flexibility index (Phi) is 4.39. The van der Waals surface area contributed by atoms with Crippen molar-refractivity contribution >= 4 is 29.1 Å². The molecule has 5 rings (SSSR count). The maximum Gasteiger partial charge on any atom is 0.231 e. The number of nitrogen functional groups attached to an aromatic ring is 1. The molecule has 9 heteroatoms. The summed E-state index contributed by atoms with van der Waals surface area (Å²) in [5.41, 5.74) is 6.82. The summed E-state index contributed by atoms with van der Waals surface area (Å²) in [5.74, 6) is 4.13. The summed E-state index contributed by atoms with van der Waals surface area (Å²) in [6.45, 7) is 3.64. The Morgan fingerprint density at radius 1 is 0.862 bits per heavy atom. The van der Waals surface area contributed by atoms with Crippen molar-refractivity contribution in [3.63, 3.8) is 0 Å². The first-order chi connectivity index (χ1) is 14.2. The van der Waals surface area contributed by atoms with E-state index >= 15 is 0 Å². The molecule has 2 aliphatic heterocycles. The van der Waals surface area contributed by atoms with Crippen LogP contribution in [-0.2, 0) is 0 Å². The van der Waals surface area contributed by atoms with E-state index in [1.165, 1.54) is 0 Å². The number of nitrogens with one attached hydrogen (secondary N) is 1. The van der Waals surface area contributed by atoms with Crippen molar-refractivity contribution in [2.45, 2.75) is 0 Å². The standard InChI is InChI=1S/C20H21N7O2/c21-20-24-17(23-14-4-5-15-16(11-14)29-13-28-15)12-19(25-20)27-9-7-26(8-10-27)18-3-1-2-6-22-18/h1-6,11-12H,7-10,13H2,(H3,21,23,24,25). The van der Waals surface area contributed by atoms with Gasteiger partial charge >= 0.3 is 0 Å². The molecule has 3 aromatic rings. The number of ether oxygens (including phenoxy) is 2. The minimum Gasteiger partial charge on any atom is -0.454 e. The van der Waals surface area contributed by atoms with Crippen molar-refractivity contribution in [3.8, 4) is 11.5 Å². The molecule has 0 bridgehead atoms. The quantitative estimate of drug-likeness (QED) is 0.693. The summed E-state index contributed by atoms with van der Waals surface area (Å²) in [4.78, 5) is 17.7. The smallest absolute Gasteiger partial charge is 0.231 e.